The monoisotopic (exact) mass is 408 g/mol. The number of nitrogens with one attached hydrogen (secondary N) is 1. The molecule has 8 heteroatoms. The second-order valence-electron chi connectivity index (χ2n) is 4.92. The van der Waals surface area contributed by atoms with Crippen LogP contribution in [0.1, 0.15) is 10.4 Å². The SMILES string of the molecule is COc1ccc(OC)c(NC(=O)COC(=O)c2cc(Br)ccc2N)c1. The van der Waals surface area contributed by atoms with E-state index in [4.69, 9.17) is 19.9 Å². The lowest BCUT2D eigenvalue weighted by Crippen LogP contribution is -2.21. The Morgan fingerprint density at radius 1 is 1.12 bits per heavy atom. The molecule has 7 nitrogen and oxygen atoms in total. The summed E-state index contributed by atoms with van der Waals surface area (Å²) in [5.41, 5.74) is 6.59. The van der Waals surface area contributed by atoms with Gasteiger partial charge in [-0.25, -0.2) is 4.79 Å². The van der Waals surface area contributed by atoms with Crippen LogP contribution in [0.15, 0.2) is 40.9 Å². The summed E-state index contributed by atoms with van der Waals surface area (Å²) in [6.07, 6.45) is 0. The summed E-state index contributed by atoms with van der Waals surface area (Å²) in [6.45, 7) is -0.467. The van der Waals surface area contributed by atoms with E-state index in [0.29, 0.717) is 21.7 Å². The first kappa shape index (κ1) is 18.6. The van der Waals surface area contributed by atoms with Crippen molar-refractivity contribution in [2.45, 2.75) is 0 Å². The molecular weight excluding hydrogens is 392 g/mol. The summed E-state index contributed by atoms with van der Waals surface area (Å²) in [5.74, 6) is -0.202. The van der Waals surface area contributed by atoms with Crippen molar-refractivity contribution >= 4 is 39.2 Å². The molecule has 0 radical (unpaired) electrons. The zero-order valence-corrected chi connectivity index (χ0v) is 15.3. The molecule has 0 fully saturated rings. The Morgan fingerprint density at radius 3 is 2.56 bits per heavy atom. The molecule has 0 aliphatic rings. The number of nitrogen functional groups attached to an aromatic ring is 1. The van der Waals surface area contributed by atoms with Crippen LogP contribution in [0, 0.1) is 0 Å². The Labute approximate surface area is 153 Å². The Balaban J connectivity index is 2.01. The number of benzene rings is 2. The molecule has 0 atom stereocenters. The summed E-state index contributed by atoms with van der Waals surface area (Å²) >= 11 is 3.25. The van der Waals surface area contributed by atoms with Crippen molar-refractivity contribution in [3.8, 4) is 11.5 Å². The molecule has 0 unspecified atom stereocenters. The van der Waals surface area contributed by atoms with E-state index < -0.39 is 18.5 Å². The summed E-state index contributed by atoms with van der Waals surface area (Å²) in [7, 11) is 2.99. The second-order valence-corrected chi connectivity index (χ2v) is 5.84. The van der Waals surface area contributed by atoms with Gasteiger partial charge in [0.2, 0.25) is 0 Å². The van der Waals surface area contributed by atoms with Crippen LogP contribution in [0.5, 0.6) is 11.5 Å². The molecule has 2 aromatic rings. The van der Waals surface area contributed by atoms with Gasteiger partial charge >= 0.3 is 5.97 Å². The van der Waals surface area contributed by atoms with E-state index >= 15 is 0 Å². The van der Waals surface area contributed by atoms with E-state index in [0.717, 1.165) is 0 Å². The fourth-order valence-corrected chi connectivity index (χ4v) is 2.37. The number of hydrogen-bond acceptors (Lipinski definition) is 6. The molecule has 2 rings (SSSR count). The molecule has 0 aliphatic heterocycles. The molecule has 0 saturated carbocycles. The highest BCUT2D eigenvalue weighted by Gasteiger charge is 2.15. The van der Waals surface area contributed by atoms with Gasteiger partial charge in [-0.15, -0.1) is 0 Å². The Hall–Kier alpha value is -2.74. The van der Waals surface area contributed by atoms with Gasteiger partial charge in [0.1, 0.15) is 11.5 Å². The zero-order valence-electron chi connectivity index (χ0n) is 13.7. The van der Waals surface area contributed by atoms with Crippen LogP contribution >= 0.6 is 15.9 Å². The van der Waals surface area contributed by atoms with Crippen molar-refractivity contribution in [2.24, 2.45) is 0 Å². The van der Waals surface area contributed by atoms with Crippen molar-refractivity contribution in [1.29, 1.82) is 0 Å². The first-order valence-electron chi connectivity index (χ1n) is 7.18. The average Bonchev–Trinajstić information content (AvgIpc) is 2.61. The highest BCUT2D eigenvalue weighted by Crippen LogP contribution is 2.28. The quantitative estimate of drug-likeness (QED) is 0.562. The van der Waals surface area contributed by atoms with Crippen LogP contribution in [0.25, 0.3) is 0 Å². The van der Waals surface area contributed by atoms with Crippen LogP contribution in [0.4, 0.5) is 11.4 Å². The predicted octanol–water partition coefficient (Wildman–Crippen LogP) is 2.84. The maximum Gasteiger partial charge on any atom is 0.340 e. The number of hydrogen-bond donors (Lipinski definition) is 2. The summed E-state index contributed by atoms with van der Waals surface area (Å²) in [4.78, 5) is 24.1. The minimum absolute atomic E-state index is 0.182. The lowest BCUT2D eigenvalue weighted by atomic mass is 10.2. The van der Waals surface area contributed by atoms with E-state index in [1.54, 1.807) is 30.3 Å². The number of esters is 1. The number of carbonyl (C=O) groups excluding carboxylic acids is 2. The summed E-state index contributed by atoms with van der Waals surface area (Å²) in [5, 5.41) is 2.61. The van der Waals surface area contributed by atoms with Crippen molar-refractivity contribution in [3.05, 3.63) is 46.4 Å². The van der Waals surface area contributed by atoms with Gasteiger partial charge in [0.05, 0.1) is 25.5 Å². The van der Waals surface area contributed by atoms with Crippen molar-refractivity contribution in [2.75, 3.05) is 31.9 Å². The molecule has 2 aromatic carbocycles. The van der Waals surface area contributed by atoms with Gasteiger partial charge in [-0.3, -0.25) is 4.79 Å². The van der Waals surface area contributed by atoms with Crippen LogP contribution in [0.3, 0.4) is 0 Å². The van der Waals surface area contributed by atoms with Crippen LogP contribution in [0.2, 0.25) is 0 Å². The standard InChI is InChI=1S/C17H17BrN2O5/c1-23-11-4-6-15(24-2)14(8-11)20-16(21)9-25-17(22)12-7-10(18)3-5-13(12)19/h3-8H,9,19H2,1-2H3,(H,20,21). The topological polar surface area (TPSA) is 99.9 Å². The fraction of sp³-hybridized carbons (Fsp3) is 0.176. The largest absolute Gasteiger partial charge is 0.497 e. The average molecular weight is 409 g/mol. The van der Waals surface area contributed by atoms with Crippen molar-refractivity contribution in [3.63, 3.8) is 0 Å². The molecule has 0 saturated heterocycles. The van der Waals surface area contributed by atoms with Crippen molar-refractivity contribution < 1.29 is 23.8 Å². The molecule has 1 amide bonds. The number of ether oxygens (including phenoxy) is 3. The van der Waals surface area contributed by atoms with E-state index in [1.165, 1.54) is 20.3 Å². The highest BCUT2D eigenvalue weighted by molar-refractivity contribution is 9.10. The number of carbonyl (C=O) groups is 2. The predicted molar refractivity (Wildman–Crippen MR) is 97.0 cm³/mol. The van der Waals surface area contributed by atoms with Gasteiger partial charge in [0.25, 0.3) is 5.91 Å². The Kier molecular flexibility index (Phi) is 6.24. The normalized spacial score (nSPS) is 10.0. The molecular formula is C17H17BrN2O5. The molecule has 0 heterocycles. The van der Waals surface area contributed by atoms with Crippen molar-refractivity contribution in [1.82, 2.24) is 0 Å². The molecule has 0 aromatic heterocycles. The Morgan fingerprint density at radius 2 is 1.88 bits per heavy atom. The van der Waals surface area contributed by atoms with E-state index in [1.807, 2.05) is 0 Å². The maximum absolute atomic E-state index is 12.1. The van der Waals surface area contributed by atoms with Gasteiger partial charge in [0, 0.05) is 16.2 Å². The van der Waals surface area contributed by atoms with Gasteiger partial charge in [-0.05, 0) is 30.3 Å². The lowest BCUT2D eigenvalue weighted by Gasteiger charge is -2.12. The lowest BCUT2D eigenvalue weighted by molar-refractivity contribution is -0.119. The zero-order chi connectivity index (χ0) is 18.4. The fourth-order valence-electron chi connectivity index (χ4n) is 2.01. The summed E-state index contributed by atoms with van der Waals surface area (Å²) < 4.78 is 16.0. The number of halogens is 1. The van der Waals surface area contributed by atoms with Gasteiger partial charge in [-0.1, -0.05) is 15.9 Å². The smallest absolute Gasteiger partial charge is 0.340 e. The second kappa shape index (κ2) is 8.39. The molecule has 0 aliphatic carbocycles. The Bertz CT molecular complexity index is 795. The van der Waals surface area contributed by atoms with E-state index in [2.05, 4.69) is 21.2 Å². The summed E-state index contributed by atoms with van der Waals surface area (Å²) in [6, 6.07) is 9.76. The third kappa shape index (κ3) is 4.87. The first-order valence-corrected chi connectivity index (χ1v) is 7.98. The maximum atomic E-state index is 12.1. The van der Waals surface area contributed by atoms with Gasteiger partial charge in [0.15, 0.2) is 6.61 Å². The number of nitrogens with two attached hydrogens (primary N) is 1. The van der Waals surface area contributed by atoms with Crippen LogP contribution in [-0.4, -0.2) is 32.7 Å². The van der Waals surface area contributed by atoms with E-state index in [-0.39, 0.29) is 11.3 Å². The molecule has 0 spiro atoms. The minimum atomic E-state index is -0.688. The minimum Gasteiger partial charge on any atom is -0.497 e. The number of anilines is 2. The number of methoxy groups -OCH3 is 2. The van der Waals surface area contributed by atoms with E-state index in [9.17, 15) is 9.59 Å². The molecule has 3 N–H and O–H groups in total. The number of amides is 1. The van der Waals surface area contributed by atoms with Crippen LogP contribution in [-0.2, 0) is 9.53 Å². The van der Waals surface area contributed by atoms with Gasteiger partial charge < -0.3 is 25.3 Å². The third-order valence-electron chi connectivity index (χ3n) is 3.25. The molecule has 0 bridgehead atoms. The number of rotatable bonds is 6. The molecule has 132 valence electrons. The third-order valence-corrected chi connectivity index (χ3v) is 3.74. The first-order chi connectivity index (χ1) is 11.9. The molecule has 25 heavy (non-hydrogen) atoms. The highest BCUT2D eigenvalue weighted by atomic mass is 79.9. The van der Waals surface area contributed by atoms with Crippen LogP contribution < -0.4 is 20.5 Å². The van der Waals surface area contributed by atoms with Gasteiger partial charge in [-0.2, -0.15) is 0 Å².